The summed E-state index contributed by atoms with van der Waals surface area (Å²) in [5.74, 6) is 0.426. The summed E-state index contributed by atoms with van der Waals surface area (Å²) in [6.07, 6.45) is 1.66. The largest absolute Gasteiger partial charge is 0.382 e. The van der Waals surface area contributed by atoms with Crippen LogP contribution in [0.4, 0.5) is 0 Å². The number of aromatic nitrogens is 2. The molecule has 1 N–H and O–H groups in total. The van der Waals surface area contributed by atoms with Gasteiger partial charge in [0.15, 0.2) is 5.82 Å². The lowest BCUT2D eigenvalue weighted by Crippen LogP contribution is -2.19. The van der Waals surface area contributed by atoms with Crippen LogP contribution >= 0.6 is 15.9 Å². The summed E-state index contributed by atoms with van der Waals surface area (Å²) < 4.78 is 0.999. The summed E-state index contributed by atoms with van der Waals surface area (Å²) in [6.45, 7) is 3.35. The van der Waals surface area contributed by atoms with Gasteiger partial charge in [-0.2, -0.15) is 0 Å². The van der Waals surface area contributed by atoms with Crippen LogP contribution in [0.1, 0.15) is 19.7 Å². The topological polar surface area (TPSA) is 46.0 Å². The highest BCUT2D eigenvalue weighted by molar-refractivity contribution is 9.10. The SMILES string of the molecule is CC(C)(O)c1nccc(-c2cccc(Br)c2)n1. The molecular formula is C13H13BrN2O. The lowest BCUT2D eigenvalue weighted by atomic mass is 10.1. The molecule has 0 bridgehead atoms. The fourth-order valence-corrected chi connectivity index (χ4v) is 1.86. The van der Waals surface area contributed by atoms with Crippen molar-refractivity contribution in [2.45, 2.75) is 19.4 Å². The van der Waals surface area contributed by atoms with E-state index >= 15 is 0 Å². The number of rotatable bonds is 2. The van der Waals surface area contributed by atoms with Crippen LogP contribution in [0.25, 0.3) is 11.3 Å². The van der Waals surface area contributed by atoms with Crippen LogP contribution in [0.5, 0.6) is 0 Å². The summed E-state index contributed by atoms with van der Waals surface area (Å²) in [5.41, 5.74) is 0.771. The van der Waals surface area contributed by atoms with Crippen LogP contribution < -0.4 is 0 Å². The Morgan fingerprint density at radius 1 is 1.24 bits per heavy atom. The number of aliphatic hydroxyl groups is 1. The van der Waals surface area contributed by atoms with Gasteiger partial charge in [0.25, 0.3) is 0 Å². The standard InChI is InChI=1S/C13H13BrN2O/c1-13(2,17)12-15-7-6-11(16-12)9-4-3-5-10(14)8-9/h3-8,17H,1-2H3. The maximum Gasteiger partial charge on any atom is 0.159 e. The van der Waals surface area contributed by atoms with Crippen molar-refractivity contribution >= 4 is 15.9 Å². The first-order chi connectivity index (χ1) is 7.97. The molecule has 1 aromatic heterocycles. The van der Waals surface area contributed by atoms with Crippen LogP contribution in [-0.2, 0) is 5.60 Å². The molecule has 0 radical (unpaired) electrons. The Morgan fingerprint density at radius 3 is 2.65 bits per heavy atom. The summed E-state index contributed by atoms with van der Waals surface area (Å²) in [5, 5.41) is 9.88. The zero-order valence-corrected chi connectivity index (χ0v) is 11.3. The zero-order chi connectivity index (χ0) is 12.5. The van der Waals surface area contributed by atoms with Crippen LogP contribution in [0.3, 0.4) is 0 Å². The van der Waals surface area contributed by atoms with E-state index in [0.29, 0.717) is 5.82 Å². The van der Waals surface area contributed by atoms with E-state index in [-0.39, 0.29) is 0 Å². The van der Waals surface area contributed by atoms with Crippen molar-refractivity contribution in [1.29, 1.82) is 0 Å². The molecule has 3 nitrogen and oxygen atoms in total. The van der Waals surface area contributed by atoms with Gasteiger partial charge in [-0.1, -0.05) is 28.1 Å². The van der Waals surface area contributed by atoms with Crippen molar-refractivity contribution in [3.8, 4) is 11.3 Å². The number of benzene rings is 1. The summed E-state index contributed by atoms with van der Waals surface area (Å²) in [4.78, 5) is 8.46. The molecule has 0 amide bonds. The Labute approximate surface area is 109 Å². The minimum absolute atomic E-state index is 0.426. The van der Waals surface area contributed by atoms with Gasteiger partial charge in [-0.25, -0.2) is 9.97 Å². The zero-order valence-electron chi connectivity index (χ0n) is 9.68. The Hall–Kier alpha value is -1.26. The minimum Gasteiger partial charge on any atom is -0.382 e. The molecule has 4 heteroatoms. The molecule has 17 heavy (non-hydrogen) atoms. The van der Waals surface area contributed by atoms with Gasteiger partial charge in [0.2, 0.25) is 0 Å². The maximum absolute atomic E-state index is 9.88. The van der Waals surface area contributed by atoms with E-state index < -0.39 is 5.60 Å². The molecular weight excluding hydrogens is 280 g/mol. The van der Waals surface area contributed by atoms with E-state index in [4.69, 9.17) is 0 Å². The average molecular weight is 293 g/mol. The molecule has 0 saturated carbocycles. The number of hydrogen-bond donors (Lipinski definition) is 1. The monoisotopic (exact) mass is 292 g/mol. The van der Waals surface area contributed by atoms with Crippen molar-refractivity contribution < 1.29 is 5.11 Å². The van der Waals surface area contributed by atoms with Crippen molar-refractivity contribution in [3.05, 3.63) is 46.8 Å². The Balaban J connectivity index is 2.47. The lowest BCUT2D eigenvalue weighted by molar-refractivity contribution is 0.0688. The van der Waals surface area contributed by atoms with Gasteiger partial charge in [-0.15, -0.1) is 0 Å². The first-order valence-electron chi connectivity index (χ1n) is 5.28. The van der Waals surface area contributed by atoms with Gasteiger partial charge in [0.05, 0.1) is 5.69 Å². The minimum atomic E-state index is -1.03. The molecule has 0 atom stereocenters. The van der Waals surface area contributed by atoms with E-state index in [2.05, 4.69) is 25.9 Å². The molecule has 0 aliphatic heterocycles. The van der Waals surface area contributed by atoms with Crippen LogP contribution in [-0.4, -0.2) is 15.1 Å². The van der Waals surface area contributed by atoms with Crippen LogP contribution in [0, 0.1) is 0 Å². The van der Waals surface area contributed by atoms with Gasteiger partial charge in [-0.05, 0) is 32.0 Å². The highest BCUT2D eigenvalue weighted by atomic mass is 79.9. The molecule has 0 unspecified atom stereocenters. The quantitative estimate of drug-likeness (QED) is 0.925. The number of hydrogen-bond acceptors (Lipinski definition) is 3. The van der Waals surface area contributed by atoms with Gasteiger partial charge in [0.1, 0.15) is 5.60 Å². The van der Waals surface area contributed by atoms with Gasteiger partial charge in [-0.3, -0.25) is 0 Å². The predicted molar refractivity (Wildman–Crippen MR) is 70.4 cm³/mol. The first-order valence-corrected chi connectivity index (χ1v) is 6.08. The molecule has 0 saturated heterocycles. The third-order valence-electron chi connectivity index (χ3n) is 2.32. The third-order valence-corrected chi connectivity index (χ3v) is 2.82. The molecule has 0 aliphatic rings. The molecule has 2 rings (SSSR count). The van der Waals surface area contributed by atoms with Crippen molar-refractivity contribution in [3.63, 3.8) is 0 Å². The molecule has 2 aromatic rings. The van der Waals surface area contributed by atoms with E-state index in [1.54, 1.807) is 20.0 Å². The van der Waals surface area contributed by atoms with Crippen LogP contribution in [0.2, 0.25) is 0 Å². The van der Waals surface area contributed by atoms with Gasteiger partial charge >= 0.3 is 0 Å². The molecule has 0 aliphatic carbocycles. The normalized spacial score (nSPS) is 11.5. The fraction of sp³-hybridized carbons (Fsp3) is 0.231. The number of nitrogens with zero attached hydrogens (tertiary/aromatic N) is 2. The summed E-state index contributed by atoms with van der Waals surface area (Å²) in [6, 6.07) is 9.70. The second kappa shape index (κ2) is 4.55. The third kappa shape index (κ3) is 2.90. The Kier molecular flexibility index (Phi) is 3.26. The van der Waals surface area contributed by atoms with E-state index in [9.17, 15) is 5.11 Å². The second-order valence-corrected chi connectivity index (χ2v) is 5.25. The average Bonchev–Trinajstić information content (AvgIpc) is 2.28. The maximum atomic E-state index is 9.88. The van der Waals surface area contributed by atoms with Gasteiger partial charge < -0.3 is 5.11 Å². The predicted octanol–water partition coefficient (Wildman–Crippen LogP) is 3.13. The molecule has 1 heterocycles. The molecule has 0 spiro atoms. The molecule has 1 aromatic carbocycles. The molecule has 88 valence electrons. The Morgan fingerprint density at radius 2 is 2.00 bits per heavy atom. The lowest BCUT2D eigenvalue weighted by Gasteiger charge is -2.15. The van der Waals surface area contributed by atoms with Crippen LogP contribution in [0.15, 0.2) is 41.0 Å². The number of halogens is 1. The summed E-state index contributed by atoms with van der Waals surface area (Å²) in [7, 11) is 0. The highest BCUT2D eigenvalue weighted by Gasteiger charge is 2.19. The van der Waals surface area contributed by atoms with Crippen molar-refractivity contribution in [2.24, 2.45) is 0 Å². The van der Waals surface area contributed by atoms with Gasteiger partial charge in [0, 0.05) is 16.2 Å². The van der Waals surface area contributed by atoms with E-state index in [1.807, 2.05) is 30.3 Å². The second-order valence-electron chi connectivity index (χ2n) is 4.33. The van der Waals surface area contributed by atoms with E-state index in [1.165, 1.54) is 0 Å². The highest BCUT2D eigenvalue weighted by Crippen LogP contribution is 2.23. The van der Waals surface area contributed by atoms with E-state index in [0.717, 1.165) is 15.7 Å². The van der Waals surface area contributed by atoms with Crippen molar-refractivity contribution in [1.82, 2.24) is 9.97 Å². The molecule has 0 fully saturated rings. The Bertz CT molecular complexity index is 535. The van der Waals surface area contributed by atoms with Crippen molar-refractivity contribution in [2.75, 3.05) is 0 Å². The fourth-order valence-electron chi connectivity index (χ4n) is 1.46. The summed E-state index contributed by atoms with van der Waals surface area (Å²) >= 11 is 3.42. The first kappa shape index (κ1) is 12.2. The smallest absolute Gasteiger partial charge is 0.159 e.